The molecule has 6 amide bonds. The van der Waals surface area contributed by atoms with Crippen molar-refractivity contribution in [1.82, 2.24) is 31.9 Å². The number of hydrogen-bond donors (Lipinski definition) is 14. The minimum absolute atomic E-state index is 0.0175. The number of aliphatic carboxylic acids is 1. The van der Waals surface area contributed by atoms with Crippen LogP contribution in [0.15, 0.2) is 0 Å². The SMILES string of the molecule is NCCCC[C@H](NC(=O)[C@H](CCCCN)NC(=O)[C@H](CCCCN)NC(=O)[C@H](CCCCN)NC(=O)[C@H](CO)NC(=O)[C@@H](N)CS)C(=O)NCC(=O)O. The number of thiol groups is 1. The molecule has 0 unspecified atom stereocenters. The van der Waals surface area contributed by atoms with Crippen molar-refractivity contribution in [3.8, 4) is 0 Å². The van der Waals surface area contributed by atoms with Gasteiger partial charge in [-0.2, -0.15) is 12.6 Å². The number of aliphatic hydroxyl groups is 1. The molecule has 6 atom stereocenters. The maximum atomic E-state index is 13.8. The van der Waals surface area contributed by atoms with Crippen LogP contribution in [0.5, 0.6) is 0 Å². The highest BCUT2D eigenvalue weighted by Gasteiger charge is 2.32. The summed E-state index contributed by atoms with van der Waals surface area (Å²) >= 11 is 3.95. The number of carbonyl (C=O) groups is 7. The lowest BCUT2D eigenvalue weighted by Crippen LogP contribution is -2.60. The van der Waals surface area contributed by atoms with Gasteiger partial charge in [-0.25, -0.2) is 0 Å². The Morgan fingerprint density at radius 3 is 1.08 bits per heavy atom. The number of carbonyl (C=O) groups excluding carboxylic acids is 6. The number of nitrogens with one attached hydrogen (secondary N) is 6. The van der Waals surface area contributed by atoms with E-state index < -0.39 is 90.8 Å². The molecule has 53 heavy (non-hydrogen) atoms. The number of hydrogen-bond acceptors (Lipinski definition) is 14. The lowest BCUT2D eigenvalue weighted by Gasteiger charge is -2.27. The number of nitrogens with two attached hydrogens (primary N) is 5. The topological polar surface area (TPSA) is 362 Å². The number of aliphatic hydroxyl groups excluding tert-OH is 1. The second-order valence-corrected chi connectivity index (χ2v) is 12.9. The standard InChI is InChI=1S/C32H63N11O9S/c33-13-5-1-9-21(28(48)38-17-26(45)46)39-29(49)22(10-2-6-14-34)40-30(50)23(11-3-7-15-35)41-31(51)24(12-4-8-16-36)42-32(52)25(18-44)43-27(47)20(37)19-53/h20-25,44,53H,1-19,33-37H2,(H,38,48)(H,39,49)(H,40,50)(H,41,51)(H,42,52)(H,43,47)(H,45,46)/t20-,21-,22-,23-,24-,25-/m0/s1. The summed E-state index contributed by atoms with van der Waals surface area (Å²) < 4.78 is 0. The Morgan fingerprint density at radius 1 is 0.491 bits per heavy atom. The van der Waals surface area contributed by atoms with E-state index in [1.165, 1.54) is 0 Å². The summed E-state index contributed by atoms with van der Waals surface area (Å²) in [5, 5.41) is 33.9. The van der Waals surface area contributed by atoms with Crippen molar-refractivity contribution in [2.24, 2.45) is 28.7 Å². The van der Waals surface area contributed by atoms with Gasteiger partial charge >= 0.3 is 5.97 Å². The van der Waals surface area contributed by atoms with Crippen LogP contribution in [0, 0.1) is 0 Å². The van der Waals surface area contributed by atoms with Gasteiger partial charge in [-0.3, -0.25) is 33.6 Å². The molecule has 0 saturated carbocycles. The van der Waals surface area contributed by atoms with Gasteiger partial charge < -0.3 is 70.8 Å². The molecule has 0 aromatic carbocycles. The zero-order chi connectivity index (χ0) is 40.2. The number of carboxylic acids is 1. The van der Waals surface area contributed by atoms with Crippen LogP contribution >= 0.6 is 12.6 Å². The van der Waals surface area contributed by atoms with Crippen LogP contribution in [-0.4, -0.2) is 133 Å². The molecule has 0 aromatic rings. The van der Waals surface area contributed by atoms with Gasteiger partial charge in [-0.05, 0) is 103 Å². The maximum Gasteiger partial charge on any atom is 0.322 e. The van der Waals surface area contributed by atoms with E-state index in [0.29, 0.717) is 77.5 Å². The minimum Gasteiger partial charge on any atom is -0.480 e. The summed E-state index contributed by atoms with van der Waals surface area (Å²) in [6.07, 6.45) is 4.33. The van der Waals surface area contributed by atoms with Crippen molar-refractivity contribution in [2.45, 2.75) is 113 Å². The second-order valence-electron chi connectivity index (χ2n) is 12.5. The van der Waals surface area contributed by atoms with Crippen molar-refractivity contribution in [3.63, 3.8) is 0 Å². The summed E-state index contributed by atoms with van der Waals surface area (Å²) in [4.78, 5) is 90.1. The first-order chi connectivity index (χ1) is 25.3. The highest BCUT2D eigenvalue weighted by atomic mass is 32.1. The van der Waals surface area contributed by atoms with Gasteiger partial charge in [0.25, 0.3) is 0 Å². The fraction of sp³-hybridized carbons (Fsp3) is 0.781. The summed E-state index contributed by atoms with van der Waals surface area (Å²) in [5.74, 6) is -5.76. The van der Waals surface area contributed by atoms with Gasteiger partial charge in [0, 0.05) is 5.75 Å². The van der Waals surface area contributed by atoms with Crippen LogP contribution in [0.25, 0.3) is 0 Å². The molecule has 0 aromatic heterocycles. The van der Waals surface area contributed by atoms with E-state index in [4.69, 9.17) is 33.8 Å². The third-order valence-corrected chi connectivity index (χ3v) is 8.48. The monoisotopic (exact) mass is 777 g/mol. The van der Waals surface area contributed by atoms with Crippen LogP contribution in [0.4, 0.5) is 0 Å². The van der Waals surface area contributed by atoms with Gasteiger partial charge in [0.1, 0.15) is 36.8 Å². The Balaban J connectivity index is 6.21. The average Bonchev–Trinajstić information content (AvgIpc) is 3.13. The van der Waals surface area contributed by atoms with E-state index >= 15 is 0 Å². The third kappa shape index (κ3) is 21.6. The lowest BCUT2D eigenvalue weighted by molar-refractivity contribution is -0.138. The molecular formula is C32H63N11O9S. The highest BCUT2D eigenvalue weighted by molar-refractivity contribution is 7.80. The zero-order valence-corrected chi connectivity index (χ0v) is 31.4. The number of unbranched alkanes of at least 4 members (excludes halogenated alkanes) is 4. The molecule has 21 heteroatoms. The van der Waals surface area contributed by atoms with Gasteiger partial charge in [0.05, 0.1) is 12.6 Å². The lowest BCUT2D eigenvalue weighted by atomic mass is 10.0. The Kier molecular flexibility index (Phi) is 27.8. The maximum absolute atomic E-state index is 13.8. The second kappa shape index (κ2) is 29.8. The van der Waals surface area contributed by atoms with Crippen LogP contribution in [0.2, 0.25) is 0 Å². The predicted molar refractivity (Wildman–Crippen MR) is 201 cm³/mol. The first-order valence-electron chi connectivity index (χ1n) is 18.1. The van der Waals surface area contributed by atoms with Gasteiger partial charge in [0.2, 0.25) is 35.4 Å². The van der Waals surface area contributed by atoms with Crippen molar-refractivity contribution in [3.05, 3.63) is 0 Å². The summed E-state index contributed by atoms with van der Waals surface area (Å²) in [5.41, 5.74) is 28.2. The summed E-state index contributed by atoms with van der Waals surface area (Å²) in [6, 6.07) is -7.14. The zero-order valence-electron chi connectivity index (χ0n) is 30.5. The van der Waals surface area contributed by atoms with Crippen molar-refractivity contribution in [1.29, 1.82) is 0 Å². The summed E-state index contributed by atoms with van der Waals surface area (Å²) in [6.45, 7) is -0.166. The van der Waals surface area contributed by atoms with Crippen molar-refractivity contribution in [2.75, 3.05) is 45.1 Å². The smallest absolute Gasteiger partial charge is 0.322 e. The first-order valence-corrected chi connectivity index (χ1v) is 18.7. The molecule has 0 aliphatic carbocycles. The molecule has 0 aliphatic heterocycles. The molecule has 306 valence electrons. The normalized spacial score (nSPS) is 14.4. The van der Waals surface area contributed by atoms with E-state index in [1.807, 2.05) is 0 Å². The highest BCUT2D eigenvalue weighted by Crippen LogP contribution is 2.09. The Morgan fingerprint density at radius 2 is 0.792 bits per heavy atom. The molecular weight excluding hydrogens is 714 g/mol. The van der Waals surface area contributed by atoms with Gasteiger partial charge in [-0.1, -0.05) is 0 Å². The molecule has 0 heterocycles. The molecule has 18 N–H and O–H groups in total. The van der Waals surface area contributed by atoms with E-state index in [1.54, 1.807) is 0 Å². The molecule has 0 spiro atoms. The fourth-order valence-electron chi connectivity index (χ4n) is 4.98. The van der Waals surface area contributed by atoms with Crippen molar-refractivity contribution < 1.29 is 43.8 Å². The number of rotatable bonds is 31. The molecule has 0 bridgehead atoms. The molecule has 0 aliphatic rings. The minimum atomic E-state index is -1.43. The van der Waals surface area contributed by atoms with E-state index in [-0.39, 0.29) is 31.4 Å². The van der Waals surface area contributed by atoms with E-state index in [0.717, 1.165) is 0 Å². The van der Waals surface area contributed by atoms with E-state index in [9.17, 15) is 38.7 Å². The fourth-order valence-corrected chi connectivity index (χ4v) is 5.14. The van der Waals surface area contributed by atoms with E-state index in [2.05, 4.69) is 44.5 Å². The number of amides is 6. The van der Waals surface area contributed by atoms with Crippen LogP contribution in [-0.2, 0) is 33.6 Å². The van der Waals surface area contributed by atoms with Crippen LogP contribution < -0.4 is 60.6 Å². The predicted octanol–water partition coefficient (Wildman–Crippen LogP) is -4.62. The van der Waals surface area contributed by atoms with Crippen LogP contribution in [0.1, 0.15) is 77.0 Å². The third-order valence-electron chi connectivity index (χ3n) is 8.08. The van der Waals surface area contributed by atoms with Gasteiger partial charge in [-0.15, -0.1) is 0 Å². The van der Waals surface area contributed by atoms with Crippen molar-refractivity contribution >= 4 is 54.0 Å². The molecule has 0 radical (unpaired) electrons. The Labute approximate surface area is 316 Å². The Bertz CT molecular complexity index is 1140. The number of carboxylic acid groups (broad SMARTS) is 1. The quantitative estimate of drug-likeness (QED) is 0.0233. The molecule has 0 saturated heterocycles. The molecule has 20 nitrogen and oxygen atoms in total. The summed E-state index contributed by atoms with van der Waals surface area (Å²) in [7, 11) is 0. The molecule has 0 rings (SSSR count). The van der Waals surface area contributed by atoms with Crippen LogP contribution in [0.3, 0.4) is 0 Å². The largest absolute Gasteiger partial charge is 0.480 e. The average molecular weight is 778 g/mol. The van der Waals surface area contributed by atoms with Gasteiger partial charge in [0.15, 0.2) is 0 Å². The Hall–Kier alpha value is -3.60. The molecule has 0 fully saturated rings. The first kappa shape index (κ1) is 49.4.